The Labute approximate surface area is 181 Å². The second kappa shape index (κ2) is 16.7. The van der Waals surface area contributed by atoms with E-state index in [4.69, 9.17) is 20.4 Å². The molecule has 5 heteroatoms. The maximum absolute atomic E-state index is 8.61. The number of hydrogen-bond donors (Lipinski definition) is 4. The van der Waals surface area contributed by atoms with Gasteiger partial charge in [-0.05, 0) is 0 Å². The molecule has 29 heavy (non-hydrogen) atoms. The average molecular weight is 436 g/mol. The molecule has 0 amide bonds. The molecule has 0 aromatic heterocycles. The number of phenols is 4. The van der Waals surface area contributed by atoms with E-state index in [1.54, 1.807) is 97.1 Å². The summed E-state index contributed by atoms with van der Waals surface area (Å²) >= 11 is 0. The van der Waals surface area contributed by atoms with Crippen LogP contribution >= 0.6 is 0 Å². The molecule has 0 unspecified atom stereocenters. The van der Waals surface area contributed by atoms with Gasteiger partial charge in [0.1, 0.15) is 0 Å². The third-order valence-corrected chi connectivity index (χ3v) is 2.80. The van der Waals surface area contributed by atoms with E-state index >= 15 is 0 Å². The van der Waals surface area contributed by atoms with Crippen LogP contribution in [0.15, 0.2) is 97.1 Å². The van der Waals surface area contributed by atoms with Crippen molar-refractivity contribution in [2.45, 2.75) is 0 Å². The number of phenolic OH excluding ortho intramolecular Hbond substituents is 4. The first-order valence-electron chi connectivity index (χ1n) is 8.18. The molecule has 155 valence electrons. The minimum absolute atomic E-state index is 0. The predicted octanol–water partition coefficient (Wildman–Crippen LogP) is 4.77. The summed E-state index contributed by atoms with van der Waals surface area (Å²) in [5.41, 5.74) is 0. The van der Waals surface area contributed by atoms with E-state index in [1.807, 2.05) is 0 Å². The molecule has 0 saturated heterocycles. The topological polar surface area (TPSA) is 80.9 Å². The zero-order chi connectivity index (χ0) is 20.5. The van der Waals surface area contributed by atoms with Gasteiger partial charge in [0.2, 0.25) is 0 Å². The summed E-state index contributed by atoms with van der Waals surface area (Å²) in [5.74, 6) is 1.16. The van der Waals surface area contributed by atoms with Gasteiger partial charge in [0.15, 0.2) is 0 Å². The maximum Gasteiger partial charge on any atom is 0.00821 e. The van der Waals surface area contributed by atoms with Crippen LogP contribution in [0.2, 0.25) is 0 Å². The molecule has 4 N–H and O–H groups in total. The van der Waals surface area contributed by atoms with E-state index < -0.39 is 0 Å². The molecule has 0 aliphatic rings. The predicted molar refractivity (Wildman–Crippen MR) is 108 cm³/mol. The third-order valence-electron chi connectivity index (χ3n) is 2.80. The fraction of sp³-hybridized carbons (Fsp3) is 0. The number of rotatable bonds is 0. The van der Waals surface area contributed by atoms with Crippen molar-refractivity contribution in [1.82, 2.24) is 0 Å². The Morgan fingerprint density at radius 1 is 0.345 bits per heavy atom. The smallest absolute Gasteiger partial charge is 0.00821 e. The summed E-state index contributed by atoms with van der Waals surface area (Å²) < 4.78 is 0. The molecule has 0 aliphatic heterocycles. The van der Waals surface area contributed by atoms with Gasteiger partial charge in [0.25, 0.3) is 0 Å². The Morgan fingerprint density at radius 3 is 0.552 bits per heavy atom. The van der Waals surface area contributed by atoms with Gasteiger partial charge in [-0.2, -0.15) is 72.8 Å². The molecule has 0 spiro atoms. The van der Waals surface area contributed by atoms with Crippen molar-refractivity contribution in [3.05, 3.63) is 121 Å². The molecule has 0 bridgehead atoms. The second-order valence-corrected chi connectivity index (χ2v) is 5.03. The fourth-order valence-corrected chi connectivity index (χ4v) is 1.51. The molecule has 4 rings (SSSR count). The van der Waals surface area contributed by atoms with E-state index in [2.05, 4.69) is 24.3 Å². The largest absolute Gasteiger partial charge is 0.533 e. The van der Waals surface area contributed by atoms with Crippen LogP contribution in [0.4, 0.5) is 0 Å². The van der Waals surface area contributed by atoms with Crippen LogP contribution < -0.4 is 0 Å². The van der Waals surface area contributed by atoms with Gasteiger partial charge in [0.05, 0.1) is 0 Å². The molecule has 4 nitrogen and oxygen atoms in total. The van der Waals surface area contributed by atoms with Crippen molar-refractivity contribution in [1.29, 1.82) is 0 Å². The van der Waals surface area contributed by atoms with Crippen LogP contribution in [0.5, 0.6) is 23.0 Å². The fourth-order valence-electron chi connectivity index (χ4n) is 1.51. The zero-order valence-electron chi connectivity index (χ0n) is 15.3. The minimum atomic E-state index is 0. The zero-order valence-corrected chi connectivity index (χ0v) is 16.3. The molecule has 0 saturated carbocycles. The van der Waals surface area contributed by atoms with Crippen LogP contribution in [0, 0.1) is 24.3 Å². The first-order chi connectivity index (χ1) is 13.6. The van der Waals surface area contributed by atoms with Crippen molar-refractivity contribution in [2.24, 2.45) is 0 Å². The average Bonchev–Trinajstić information content (AvgIpc) is 2.72. The Bertz CT molecular complexity index is 693. The van der Waals surface area contributed by atoms with E-state index in [1.165, 1.54) is 0 Å². The first-order valence-corrected chi connectivity index (χ1v) is 8.18. The number of aromatic hydroxyl groups is 4. The molecule has 4 aromatic carbocycles. The van der Waals surface area contributed by atoms with Gasteiger partial charge in [-0.1, -0.05) is 0 Å². The normalized spacial score (nSPS) is 8.28. The van der Waals surface area contributed by atoms with Crippen molar-refractivity contribution >= 4 is 0 Å². The quantitative estimate of drug-likeness (QED) is 0.237. The van der Waals surface area contributed by atoms with Gasteiger partial charge in [-0.25, -0.2) is 0 Å². The van der Waals surface area contributed by atoms with Gasteiger partial charge in [-0.3, -0.25) is 0 Å². The summed E-state index contributed by atoms with van der Waals surface area (Å²) in [7, 11) is 0. The summed E-state index contributed by atoms with van der Waals surface area (Å²) in [6.07, 6.45) is 0. The van der Waals surface area contributed by atoms with Crippen LogP contribution in [-0.2, 0) is 17.1 Å². The van der Waals surface area contributed by atoms with Gasteiger partial charge in [0, 0.05) is 40.1 Å². The Balaban J connectivity index is 0.000000356. The maximum atomic E-state index is 8.61. The van der Waals surface area contributed by atoms with Gasteiger partial charge in [-0.15, -0.1) is 48.5 Å². The summed E-state index contributed by atoms with van der Waals surface area (Å²) in [6, 6.07) is 37.1. The van der Waals surface area contributed by atoms with Crippen LogP contribution in [0.25, 0.3) is 0 Å². The third kappa shape index (κ3) is 15.4. The van der Waals surface area contributed by atoms with E-state index in [9.17, 15) is 0 Å². The van der Waals surface area contributed by atoms with Gasteiger partial charge >= 0.3 is 0 Å². The molecule has 0 aliphatic carbocycles. The number of hydrogen-bond acceptors (Lipinski definition) is 4. The Kier molecular flexibility index (Phi) is 14.8. The standard InChI is InChI=1S/4C6H5O.Cu/c4*7-6-4-2-1-3-5-6;/h4*2-5,7H;/q4*-1;. The van der Waals surface area contributed by atoms with Crippen molar-refractivity contribution in [2.75, 3.05) is 0 Å². The molecule has 4 aromatic rings. The second-order valence-electron chi connectivity index (χ2n) is 5.03. The van der Waals surface area contributed by atoms with Crippen LogP contribution in [-0.4, -0.2) is 20.4 Å². The van der Waals surface area contributed by atoms with Crippen LogP contribution in [0.3, 0.4) is 0 Å². The monoisotopic (exact) mass is 435 g/mol. The minimum Gasteiger partial charge on any atom is -0.533 e. The SMILES string of the molecule is Oc1cc[c-]cc1.Oc1cc[c-]cc1.Oc1cc[c-]cc1.Oc1cc[c-]cc1.[Cu]. The van der Waals surface area contributed by atoms with Crippen LogP contribution in [0.1, 0.15) is 0 Å². The van der Waals surface area contributed by atoms with E-state index in [0.717, 1.165) is 0 Å². The summed E-state index contributed by atoms with van der Waals surface area (Å²) in [5, 5.41) is 34.4. The summed E-state index contributed by atoms with van der Waals surface area (Å²) in [4.78, 5) is 0. The van der Waals surface area contributed by atoms with Crippen molar-refractivity contribution in [3.63, 3.8) is 0 Å². The molecular weight excluding hydrogens is 416 g/mol. The van der Waals surface area contributed by atoms with E-state index in [0.29, 0.717) is 23.0 Å². The Hall–Kier alpha value is -3.40. The summed E-state index contributed by atoms with van der Waals surface area (Å²) in [6.45, 7) is 0. The number of benzene rings is 4. The molecule has 0 atom stereocenters. The van der Waals surface area contributed by atoms with Crippen molar-refractivity contribution in [3.8, 4) is 23.0 Å². The molecule has 1 radical (unpaired) electrons. The van der Waals surface area contributed by atoms with Crippen molar-refractivity contribution < 1.29 is 37.5 Å². The van der Waals surface area contributed by atoms with E-state index in [-0.39, 0.29) is 17.1 Å². The molecule has 0 fully saturated rings. The first kappa shape index (κ1) is 25.6. The molecular formula is C24H20CuO4-4. The molecule has 0 heterocycles. The van der Waals surface area contributed by atoms with Gasteiger partial charge < -0.3 is 20.4 Å². The Morgan fingerprint density at radius 2 is 0.483 bits per heavy atom.